The highest BCUT2D eigenvalue weighted by Crippen LogP contribution is 2.32. The van der Waals surface area contributed by atoms with Gasteiger partial charge in [-0.25, -0.2) is 4.98 Å². The predicted octanol–water partition coefficient (Wildman–Crippen LogP) is 6.91. The van der Waals surface area contributed by atoms with E-state index in [9.17, 15) is 4.79 Å². The zero-order valence-electron chi connectivity index (χ0n) is 24.0. The average molecular weight is 550 g/mol. The Balaban J connectivity index is 1.11. The second-order valence-corrected chi connectivity index (χ2v) is 11.7. The Bertz CT molecular complexity index is 1460. The SMILES string of the molecule is CC(C)CNC(=O)c1ccc(-c2ccc(NCC3CCCC(Cc4cncn4Cc4ccc(C#N)cc4)C3)cc2)o1. The van der Waals surface area contributed by atoms with Crippen LogP contribution >= 0.6 is 0 Å². The smallest absolute Gasteiger partial charge is 0.287 e. The third-order valence-corrected chi connectivity index (χ3v) is 7.89. The maximum absolute atomic E-state index is 12.3. The number of nitrogens with one attached hydrogen (secondary N) is 2. The van der Waals surface area contributed by atoms with Gasteiger partial charge in [0.25, 0.3) is 5.91 Å². The number of furan rings is 1. The summed E-state index contributed by atoms with van der Waals surface area (Å²) in [6.45, 7) is 6.49. The Morgan fingerprint density at radius 1 is 1.07 bits per heavy atom. The summed E-state index contributed by atoms with van der Waals surface area (Å²) >= 11 is 0. The lowest BCUT2D eigenvalue weighted by Crippen LogP contribution is -2.26. The van der Waals surface area contributed by atoms with Crippen LogP contribution < -0.4 is 10.6 Å². The highest BCUT2D eigenvalue weighted by atomic mass is 16.3. The molecule has 2 aromatic heterocycles. The third kappa shape index (κ3) is 7.67. The number of nitrogens with zero attached hydrogens (tertiary/aromatic N) is 3. The van der Waals surface area contributed by atoms with Crippen LogP contribution in [0.2, 0.25) is 0 Å². The molecule has 41 heavy (non-hydrogen) atoms. The molecule has 2 atom stereocenters. The van der Waals surface area contributed by atoms with Gasteiger partial charge in [0.1, 0.15) is 5.76 Å². The van der Waals surface area contributed by atoms with Crippen molar-refractivity contribution in [2.75, 3.05) is 18.4 Å². The molecule has 212 valence electrons. The van der Waals surface area contributed by atoms with Gasteiger partial charge in [0, 0.05) is 42.8 Å². The van der Waals surface area contributed by atoms with Gasteiger partial charge in [-0.3, -0.25) is 4.79 Å². The van der Waals surface area contributed by atoms with Gasteiger partial charge in [-0.05, 0) is 91.1 Å². The van der Waals surface area contributed by atoms with Crippen LogP contribution in [0.5, 0.6) is 0 Å². The van der Waals surface area contributed by atoms with Crippen LogP contribution in [-0.4, -0.2) is 28.5 Å². The first kappa shape index (κ1) is 28.2. The number of aromatic nitrogens is 2. The molecule has 1 aliphatic carbocycles. The molecule has 1 fully saturated rings. The lowest BCUT2D eigenvalue weighted by atomic mass is 9.79. The highest BCUT2D eigenvalue weighted by Gasteiger charge is 2.23. The zero-order valence-corrected chi connectivity index (χ0v) is 24.0. The summed E-state index contributed by atoms with van der Waals surface area (Å²) in [5.74, 6) is 2.54. The molecular formula is C34H39N5O2. The molecule has 2 unspecified atom stereocenters. The topological polar surface area (TPSA) is 95.9 Å². The molecule has 2 aromatic carbocycles. The lowest BCUT2D eigenvalue weighted by molar-refractivity contribution is 0.0922. The Labute approximate surface area is 242 Å². The number of rotatable bonds is 11. The van der Waals surface area contributed by atoms with Crippen LogP contribution in [0.25, 0.3) is 11.3 Å². The van der Waals surface area contributed by atoms with Crippen LogP contribution in [0.4, 0.5) is 5.69 Å². The van der Waals surface area contributed by atoms with Crippen molar-refractivity contribution in [2.24, 2.45) is 17.8 Å². The van der Waals surface area contributed by atoms with Crippen molar-refractivity contribution in [3.8, 4) is 17.4 Å². The minimum atomic E-state index is -0.176. The molecule has 0 saturated heterocycles. The second kappa shape index (κ2) is 13.4. The van der Waals surface area contributed by atoms with Gasteiger partial charge < -0.3 is 19.6 Å². The number of amides is 1. The van der Waals surface area contributed by atoms with Gasteiger partial charge in [-0.1, -0.05) is 38.8 Å². The third-order valence-electron chi connectivity index (χ3n) is 7.89. The summed E-state index contributed by atoms with van der Waals surface area (Å²) in [5, 5.41) is 15.6. The molecule has 7 nitrogen and oxygen atoms in total. The number of hydrogen-bond donors (Lipinski definition) is 2. The minimum absolute atomic E-state index is 0.176. The van der Waals surface area contributed by atoms with Crippen molar-refractivity contribution in [3.63, 3.8) is 0 Å². The summed E-state index contributed by atoms with van der Waals surface area (Å²) in [4.78, 5) is 16.7. The summed E-state index contributed by atoms with van der Waals surface area (Å²) in [6, 6.07) is 21.8. The average Bonchev–Trinajstić information content (AvgIpc) is 3.66. The number of carbonyl (C=O) groups excluding carboxylic acids is 1. The number of nitriles is 1. The lowest BCUT2D eigenvalue weighted by Gasteiger charge is -2.29. The van der Waals surface area contributed by atoms with Crippen molar-refractivity contribution in [3.05, 3.63) is 95.8 Å². The highest BCUT2D eigenvalue weighted by molar-refractivity contribution is 5.92. The predicted molar refractivity (Wildman–Crippen MR) is 161 cm³/mol. The van der Waals surface area contributed by atoms with E-state index in [1.54, 1.807) is 6.07 Å². The van der Waals surface area contributed by atoms with Gasteiger partial charge in [-0.2, -0.15) is 5.26 Å². The molecule has 2 heterocycles. The Morgan fingerprint density at radius 3 is 2.61 bits per heavy atom. The fraction of sp³-hybridized carbons (Fsp3) is 0.382. The summed E-state index contributed by atoms with van der Waals surface area (Å²) < 4.78 is 8.06. The fourth-order valence-corrected chi connectivity index (χ4v) is 5.62. The molecule has 0 spiro atoms. The molecule has 2 N–H and O–H groups in total. The maximum atomic E-state index is 12.3. The molecule has 0 aliphatic heterocycles. The second-order valence-electron chi connectivity index (χ2n) is 11.7. The van der Waals surface area contributed by atoms with Gasteiger partial charge in [0.15, 0.2) is 5.76 Å². The van der Waals surface area contributed by atoms with Gasteiger partial charge in [0.05, 0.1) is 18.0 Å². The van der Waals surface area contributed by atoms with Crippen molar-refractivity contribution in [2.45, 2.75) is 52.5 Å². The molecule has 4 aromatic rings. The number of benzene rings is 2. The number of imidazole rings is 1. The van der Waals surface area contributed by atoms with Crippen LogP contribution in [0.15, 0.2) is 77.6 Å². The van der Waals surface area contributed by atoms with E-state index >= 15 is 0 Å². The Kier molecular flexibility index (Phi) is 9.20. The normalized spacial score (nSPS) is 16.8. The van der Waals surface area contributed by atoms with E-state index in [1.165, 1.54) is 36.9 Å². The Hall–Kier alpha value is -4.31. The zero-order chi connectivity index (χ0) is 28.6. The monoisotopic (exact) mass is 549 g/mol. The first-order valence-electron chi connectivity index (χ1n) is 14.7. The quantitative estimate of drug-likeness (QED) is 0.212. The van der Waals surface area contributed by atoms with E-state index in [4.69, 9.17) is 9.68 Å². The number of anilines is 1. The maximum Gasteiger partial charge on any atom is 0.287 e. The van der Waals surface area contributed by atoms with Crippen LogP contribution in [-0.2, 0) is 13.0 Å². The first-order chi connectivity index (χ1) is 20.0. The molecule has 7 heteroatoms. The molecule has 0 bridgehead atoms. The standard InChI is InChI=1S/C34H39N5O2/c1-24(2)19-38-34(40)33-15-14-32(41-33)29-10-12-30(13-11-29)37-20-28-5-3-4-27(16-28)17-31-21-36-23-39(31)22-26-8-6-25(18-35)7-9-26/h6-15,21,23-24,27-28,37H,3-5,16-17,19-20,22H2,1-2H3,(H,38,40). The van der Waals surface area contributed by atoms with E-state index in [0.717, 1.165) is 30.8 Å². The van der Waals surface area contributed by atoms with Gasteiger partial charge >= 0.3 is 0 Å². The molecule has 5 rings (SSSR count). The first-order valence-corrected chi connectivity index (χ1v) is 14.7. The molecule has 1 amide bonds. The minimum Gasteiger partial charge on any atom is -0.451 e. The van der Waals surface area contributed by atoms with Crippen molar-refractivity contribution < 1.29 is 9.21 Å². The van der Waals surface area contributed by atoms with E-state index in [1.807, 2.05) is 55.0 Å². The van der Waals surface area contributed by atoms with Crippen LogP contribution in [0.3, 0.4) is 0 Å². The summed E-state index contributed by atoms with van der Waals surface area (Å²) in [5.41, 5.74) is 5.19. The van der Waals surface area contributed by atoms with Crippen molar-refractivity contribution >= 4 is 11.6 Å². The number of hydrogen-bond acceptors (Lipinski definition) is 5. The van der Waals surface area contributed by atoms with Gasteiger partial charge in [0.2, 0.25) is 0 Å². The van der Waals surface area contributed by atoms with Crippen molar-refractivity contribution in [1.82, 2.24) is 14.9 Å². The van der Waals surface area contributed by atoms with E-state index in [2.05, 4.69) is 52.2 Å². The molecular weight excluding hydrogens is 510 g/mol. The summed E-state index contributed by atoms with van der Waals surface area (Å²) in [7, 11) is 0. The van der Waals surface area contributed by atoms with Crippen LogP contribution in [0.1, 0.15) is 66.9 Å². The fourth-order valence-electron chi connectivity index (χ4n) is 5.62. The van der Waals surface area contributed by atoms with E-state index in [0.29, 0.717) is 41.4 Å². The molecule has 1 saturated carbocycles. The van der Waals surface area contributed by atoms with Crippen LogP contribution in [0, 0.1) is 29.1 Å². The number of carbonyl (C=O) groups is 1. The Morgan fingerprint density at radius 2 is 1.85 bits per heavy atom. The van der Waals surface area contributed by atoms with Gasteiger partial charge in [-0.15, -0.1) is 0 Å². The van der Waals surface area contributed by atoms with E-state index in [-0.39, 0.29) is 5.91 Å². The molecule has 0 radical (unpaired) electrons. The van der Waals surface area contributed by atoms with Crippen molar-refractivity contribution in [1.29, 1.82) is 5.26 Å². The summed E-state index contributed by atoms with van der Waals surface area (Å²) in [6.07, 6.45) is 9.94. The molecule has 1 aliphatic rings. The van der Waals surface area contributed by atoms with E-state index < -0.39 is 0 Å². The largest absolute Gasteiger partial charge is 0.451 e.